The summed E-state index contributed by atoms with van der Waals surface area (Å²) in [4.78, 5) is 76.6. The number of alkyl halides is 1. The number of esters is 2. The van der Waals surface area contributed by atoms with Gasteiger partial charge in [-0.1, -0.05) is 12.1 Å². The van der Waals surface area contributed by atoms with Crippen LogP contribution in [0.25, 0.3) is 32.8 Å². The Morgan fingerprint density at radius 3 is 1.57 bits per heavy atom. The third-order valence-electron chi connectivity index (χ3n) is 16.6. The van der Waals surface area contributed by atoms with Gasteiger partial charge in [0.05, 0.1) is 145 Å². The zero-order chi connectivity index (χ0) is 69.4. The minimum Gasteiger partial charge on any atom is -0.478 e. The molecule has 4 aromatic heterocycles. The Balaban J connectivity index is 0.000000154. The van der Waals surface area contributed by atoms with Gasteiger partial charge < -0.3 is 38.3 Å². The molecule has 0 saturated carbocycles. The number of Topliss-reactive ketones (excluding diaryl/α,β-unsaturated/α-hetero) is 1. The zero-order valence-corrected chi connectivity index (χ0v) is 57.0. The molecule has 2 N–H and O–H groups in total. The lowest BCUT2D eigenvalue weighted by Crippen LogP contribution is -2.38. The van der Waals surface area contributed by atoms with E-state index in [0.717, 1.165) is 207 Å². The number of ketones is 1. The third kappa shape index (κ3) is 21.9. The average molecular weight is 1370 g/mol. The third-order valence-corrected chi connectivity index (χ3v) is 16.7. The van der Waals surface area contributed by atoms with Crippen LogP contribution in [0, 0.1) is 5.82 Å². The van der Waals surface area contributed by atoms with E-state index in [1.165, 1.54) is 38.6 Å². The summed E-state index contributed by atoms with van der Waals surface area (Å²) < 4.78 is 55.4. The van der Waals surface area contributed by atoms with Crippen LogP contribution in [0.4, 0.5) is 14.9 Å². The van der Waals surface area contributed by atoms with Crippen LogP contribution in [0.1, 0.15) is 78.9 Å². The fourth-order valence-electron chi connectivity index (χ4n) is 11.2. The number of aliphatic imine (C=N–C) groups is 1. The topological polar surface area (TPSA) is 274 Å². The first-order valence-corrected chi connectivity index (χ1v) is 33.3. The van der Waals surface area contributed by atoms with Gasteiger partial charge >= 0.3 is 24.0 Å². The molecule has 0 unspecified atom stereocenters. The number of amides is 1. The van der Waals surface area contributed by atoms with Crippen molar-refractivity contribution in [2.75, 3.05) is 157 Å². The molecule has 0 spiro atoms. The van der Waals surface area contributed by atoms with Gasteiger partial charge in [0.15, 0.2) is 11.4 Å². The number of methoxy groups -OCH3 is 2. The van der Waals surface area contributed by atoms with Crippen molar-refractivity contribution >= 4 is 86.1 Å². The molecule has 4 saturated heterocycles. The van der Waals surface area contributed by atoms with E-state index in [4.69, 9.17) is 45.1 Å². The maximum Gasteiger partial charge on any atom is 0.412 e. The summed E-state index contributed by atoms with van der Waals surface area (Å²) in [6.07, 6.45) is 7.82. The Kier molecular flexibility index (Phi) is 27.6. The minimum absolute atomic E-state index is 0.00207. The summed E-state index contributed by atoms with van der Waals surface area (Å²) in [7, 11) is 2.74. The highest BCUT2D eigenvalue weighted by Crippen LogP contribution is 2.24. The highest BCUT2D eigenvalue weighted by Gasteiger charge is 2.22. The number of nitrogens with one attached hydrogen (secondary N) is 1. The van der Waals surface area contributed by atoms with Crippen LogP contribution in [0.3, 0.4) is 0 Å². The fraction of sp³-hybridized carbons (Fsp3) is 0.457. The average Bonchev–Trinajstić information content (AvgIpc) is 1.71. The number of morpholine rings is 4. The van der Waals surface area contributed by atoms with E-state index in [0.29, 0.717) is 27.8 Å². The fourth-order valence-corrected chi connectivity index (χ4v) is 11.4. The number of carbonyl (C=O) groups is 5. The van der Waals surface area contributed by atoms with Crippen molar-refractivity contribution < 1.29 is 66.6 Å². The Morgan fingerprint density at radius 1 is 0.561 bits per heavy atom. The van der Waals surface area contributed by atoms with Gasteiger partial charge in [0.1, 0.15) is 11.4 Å². The van der Waals surface area contributed by atoms with Crippen LogP contribution in [-0.4, -0.2) is 252 Å². The van der Waals surface area contributed by atoms with E-state index < -0.39 is 23.5 Å². The van der Waals surface area contributed by atoms with Crippen molar-refractivity contribution in [2.24, 2.45) is 4.99 Å². The number of hydrogen-bond acceptors (Lipinski definition) is 21. The first-order valence-electron chi connectivity index (χ1n) is 32.8. The lowest BCUT2D eigenvalue weighted by molar-refractivity contribution is 0.0360. The molecule has 5 aliphatic heterocycles. The number of halogens is 2. The Hall–Kier alpha value is -8.64. The van der Waals surface area contributed by atoms with Crippen LogP contribution < -0.4 is 5.32 Å². The molecule has 98 heavy (non-hydrogen) atoms. The van der Waals surface area contributed by atoms with Crippen LogP contribution in [0.15, 0.2) is 109 Å². The number of ether oxygens (including phenoxy) is 7. The number of carbonyl (C=O) groups excluding carboxylic acids is 4. The summed E-state index contributed by atoms with van der Waals surface area (Å²) in [5.41, 5.74) is 6.76. The van der Waals surface area contributed by atoms with Gasteiger partial charge in [0.2, 0.25) is 0 Å². The molecule has 4 aromatic carbocycles. The smallest absolute Gasteiger partial charge is 0.412 e. The highest BCUT2D eigenvalue weighted by molar-refractivity contribution is 6.18. The molecule has 26 nitrogen and oxygen atoms in total. The van der Waals surface area contributed by atoms with E-state index in [-0.39, 0.29) is 29.8 Å². The lowest BCUT2D eigenvalue weighted by atomic mass is 10.0. The number of rotatable bonds is 18. The predicted molar refractivity (Wildman–Crippen MR) is 368 cm³/mol. The Bertz CT molecular complexity index is 3980. The van der Waals surface area contributed by atoms with Crippen LogP contribution in [0.5, 0.6) is 0 Å². The number of aromatic carboxylic acids is 1. The molecular weight excluding hydrogens is 1290 g/mol. The maximum atomic E-state index is 13.9. The number of anilines is 1. The van der Waals surface area contributed by atoms with Crippen molar-refractivity contribution in [1.82, 2.24) is 53.9 Å². The molecule has 28 heteroatoms. The second-order valence-electron chi connectivity index (χ2n) is 24.5. The quantitative estimate of drug-likeness (QED) is 0.0358. The second kappa shape index (κ2) is 36.8. The lowest BCUT2D eigenvalue weighted by Gasteiger charge is -2.26. The van der Waals surface area contributed by atoms with E-state index in [1.54, 1.807) is 82.0 Å². The summed E-state index contributed by atoms with van der Waals surface area (Å²) in [5, 5.41) is 27.3. The number of hydrogen-bond donors (Lipinski definition) is 2. The van der Waals surface area contributed by atoms with Crippen LogP contribution >= 0.6 is 11.6 Å². The molecule has 524 valence electrons. The molecular formula is C70H87ClFN13O13. The summed E-state index contributed by atoms with van der Waals surface area (Å²) in [5.74, 6) is -1.52. The molecule has 13 rings (SSSR count). The van der Waals surface area contributed by atoms with E-state index in [1.807, 2.05) is 38.3 Å². The molecule has 9 heterocycles. The number of carboxylic acids is 1. The number of carboxylic acid groups (broad SMARTS) is 1. The molecule has 4 fully saturated rings. The maximum absolute atomic E-state index is 13.9. The second-order valence-corrected chi connectivity index (χ2v) is 24.9. The highest BCUT2D eigenvalue weighted by atomic mass is 35.5. The van der Waals surface area contributed by atoms with Gasteiger partial charge in [-0.15, -0.1) is 11.6 Å². The first-order chi connectivity index (χ1) is 47.4. The number of aromatic nitrogens is 7. The summed E-state index contributed by atoms with van der Waals surface area (Å²) in [6.45, 7) is 26.2. The molecule has 5 aliphatic rings. The molecule has 0 aliphatic carbocycles. The molecule has 0 radical (unpaired) electrons. The normalized spacial score (nSPS) is 15.9. The van der Waals surface area contributed by atoms with Gasteiger partial charge in [-0.05, 0) is 104 Å². The zero-order valence-electron chi connectivity index (χ0n) is 56.2. The Morgan fingerprint density at radius 2 is 1.04 bits per heavy atom. The van der Waals surface area contributed by atoms with Crippen LogP contribution in [-0.2, 0) is 65.8 Å². The van der Waals surface area contributed by atoms with E-state index in [2.05, 4.69) is 54.9 Å². The van der Waals surface area contributed by atoms with Crippen molar-refractivity contribution in [3.8, 4) is 0 Å². The minimum atomic E-state index is -0.909. The predicted octanol–water partition coefficient (Wildman–Crippen LogP) is 7.86. The van der Waals surface area contributed by atoms with Crippen LogP contribution in [0.2, 0.25) is 0 Å². The molecule has 8 aromatic rings. The van der Waals surface area contributed by atoms with E-state index in [9.17, 15) is 28.4 Å². The van der Waals surface area contributed by atoms with Gasteiger partial charge in [-0.2, -0.15) is 15.3 Å². The molecule has 0 bridgehead atoms. The Labute approximate surface area is 573 Å². The number of fused-ring (bicyclic) bond motifs is 4. The van der Waals surface area contributed by atoms with E-state index >= 15 is 0 Å². The monoisotopic (exact) mass is 1370 g/mol. The van der Waals surface area contributed by atoms with Crippen molar-refractivity contribution in [1.29, 1.82) is 0 Å². The van der Waals surface area contributed by atoms with Gasteiger partial charge in [0.25, 0.3) is 0 Å². The van der Waals surface area contributed by atoms with Crippen molar-refractivity contribution in [2.45, 2.75) is 59.0 Å². The van der Waals surface area contributed by atoms with Gasteiger partial charge in [0, 0.05) is 125 Å². The SMILES string of the molecule is CC(C)(C)OC(=O)Nc1cc(F)ccc1CC(=O)c1ccc2c(cnn2CCN2CCOCC2)c1.COC(=O)c1ccc2c(c1)C=NC2.COC(=O)c1cnc2c(cnn2CCN2CCOCC2)c1.ClCCN1CCOCC1.O=C(O)c1ccc2c(cnn2CCN2CCOCC2)c1. The van der Waals surface area contributed by atoms with Crippen molar-refractivity contribution in [3.05, 3.63) is 148 Å². The van der Waals surface area contributed by atoms with Crippen molar-refractivity contribution in [3.63, 3.8) is 0 Å². The molecule has 0 atom stereocenters. The number of nitrogens with zero attached hydrogens (tertiary/aromatic N) is 12. The van der Waals surface area contributed by atoms with Gasteiger partial charge in [-0.3, -0.25) is 44.1 Å². The number of pyridine rings is 1. The first kappa shape index (κ1) is 73.6. The molecule has 1 amide bonds. The standard InChI is InChI=1S/C26H31FN4O4.C14H18N4O3.C14H17N3O3.C10H9NO2.C6H12ClNO/c1-26(2,3)35-25(33)29-22-16-21(27)6-4-18(22)15-24(32)19-5-7-23-20(14-19)17-28-31(23)9-8-30-10-12-34-13-11-30;1-20-14(19)12-8-11-10-16-18(13(11)15-9-12)3-2-17-4-6-21-7-5-17;18-14(19)11-1-2-13-12(9-11)10-15-17(13)4-3-16-5-7-20-8-6-16;1-13-10(12)7-2-3-8-5-11-6-9(8)4-7;7-1-2-8-3-5-9-6-4-8/h4-7,14,16-17H,8-13,15H2,1-3H3,(H,29,33);8-10H,2-7H2,1H3;1-2,9-10H,3-8H2,(H,18,19);2-4,6H,5H2,1H3;1-6H2. The summed E-state index contributed by atoms with van der Waals surface area (Å²) >= 11 is 5.55. The number of benzene rings is 4. The largest absolute Gasteiger partial charge is 0.478 e. The van der Waals surface area contributed by atoms with Gasteiger partial charge in [-0.25, -0.2) is 33.2 Å². The summed E-state index contributed by atoms with van der Waals surface area (Å²) in [6, 6.07) is 21.8.